The fourth-order valence-corrected chi connectivity index (χ4v) is 2.89. The Morgan fingerprint density at radius 1 is 1.46 bits per heavy atom. The number of rotatable bonds is 5. The van der Waals surface area contributed by atoms with E-state index in [1.807, 2.05) is 16.9 Å². The van der Waals surface area contributed by atoms with E-state index in [1.165, 1.54) is 0 Å². The van der Waals surface area contributed by atoms with Gasteiger partial charge in [0, 0.05) is 38.2 Å². The van der Waals surface area contributed by atoms with Crippen LogP contribution in [0.4, 0.5) is 0 Å². The molecule has 1 saturated heterocycles. The molecule has 1 aliphatic heterocycles. The van der Waals surface area contributed by atoms with Crippen LogP contribution in [0.5, 0.6) is 0 Å². The Bertz CT molecular complexity index is 651. The van der Waals surface area contributed by atoms with Crippen molar-refractivity contribution in [3.63, 3.8) is 0 Å². The molecule has 1 aliphatic rings. The van der Waals surface area contributed by atoms with Gasteiger partial charge in [0.15, 0.2) is 0 Å². The first-order chi connectivity index (χ1) is 11.6. The smallest absolute Gasteiger partial charge is 0.292 e. The molecule has 0 bridgehead atoms. The number of carbonyl (C=O) groups excluding carboxylic acids is 1. The van der Waals surface area contributed by atoms with Crippen LogP contribution in [0.15, 0.2) is 29.0 Å². The summed E-state index contributed by atoms with van der Waals surface area (Å²) < 4.78 is 12.9. The molecule has 1 fully saturated rings. The van der Waals surface area contributed by atoms with Crippen LogP contribution in [-0.2, 0) is 17.7 Å². The van der Waals surface area contributed by atoms with Gasteiger partial charge >= 0.3 is 0 Å². The average Bonchev–Trinajstić information content (AvgIpc) is 3.15. The van der Waals surface area contributed by atoms with Gasteiger partial charge in [0.25, 0.3) is 5.91 Å². The van der Waals surface area contributed by atoms with E-state index in [9.17, 15) is 4.79 Å². The molecule has 1 amide bonds. The van der Waals surface area contributed by atoms with Crippen molar-refractivity contribution in [1.82, 2.24) is 19.8 Å². The highest BCUT2D eigenvalue weighted by atomic mass is 16.5. The van der Waals surface area contributed by atoms with Crippen molar-refractivity contribution in [1.29, 1.82) is 0 Å². The summed E-state index contributed by atoms with van der Waals surface area (Å²) in [6, 6.07) is 3.64. The lowest BCUT2D eigenvalue weighted by Crippen LogP contribution is -2.38. The van der Waals surface area contributed by atoms with E-state index in [1.54, 1.807) is 17.2 Å². The van der Waals surface area contributed by atoms with Gasteiger partial charge in [-0.1, -0.05) is 19.0 Å². The van der Waals surface area contributed by atoms with Gasteiger partial charge in [-0.05, 0) is 24.8 Å². The van der Waals surface area contributed by atoms with Crippen LogP contribution < -0.4 is 0 Å². The summed E-state index contributed by atoms with van der Waals surface area (Å²) in [7, 11) is 0. The van der Waals surface area contributed by atoms with Crippen LogP contribution >= 0.6 is 0 Å². The van der Waals surface area contributed by atoms with Crippen molar-refractivity contribution in [2.75, 3.05) is 19.7 Å². The number of nitrogens with zero attached hydrogens (tertiary/aromatic N) is 4. The van der Waals surface area contributed by atoms with Crippen LogP contribution in [-0.4, -0.2) is 51.5 Å². The van der Waals surface area contributed by atoms with Gasteiger partial charge in [0.05, 0.1) is 18.3 Å². The van der Waals surface area contributed by atoms with Gasteiger partial charge in [-0.15, -0.1) is 0 Å². The van der Waals surface area contributed by atoms with E-state index in [0.717, 1.165) is 18.5 Å². The predicted molar refractivity (Wildman–Crippen MR) is 87.5 cm³/mol. The molecule has 0 aromatic carbocycles. The molecule has 2 aromatic heterocycles. The standard InChI is InChI=1S/C17H24N4O3/c1-13(2)9-14-10-16(24-19-14)17(22)20-6-4-8-23-15(11-20)12-21-7-3-5-18-21/h3,5,7,10,13,15H,4,6,8-9,11-12H2,1-2H3/t15-/m1/s1. The monoisotopic (exact) mass is 332 g/mol. The Morgan fingerprint density at radius 3 is 3.08 bits per heavy atom. The first-order valence-electron chi connectivity index (χ1n) is 8.45. The van der Waals surface area contributed by atoms with E-state index < -0.39 is 0 Å². The molecule has 1 atom stereocenters. The van der Waals surface area contributed by atoms with Crippen LogP contribution in [0.25, 0.3) is 0 Å². The molecule has 7 nitrogen and oxygen atoms in total. The summed E-state index contributed by atoms with van der Waals surface area (Å²) in [4.78, 5) is 14.5. The van der Waals surface area contributed by atoms with Gasteiger partial charge < -0.3 is 14.2 Å². The second-order valence-corrected chi connectivity index (χ2v) is 6.61. The highest BCUT2D eigenvalue weighted by molar-refractivity contribution is 5.91. The molecule has 24 heavy (non-hydrogen) atoms. The minimum atomic E-state index is -0.117. The molecule has 7 heteroatoms. The number of aromatic nitrogens is 3. The summed E-state index contributed by atoms with van der Waals surface area (Å²) in [5.74, 6) is 0.668. The Labute approximate surface area is 141 Å². The molecule has 0 spiro atoms. The summed E-state index contributed by atoms with van der Waals surface area (Å²) in [6.45, 7) is 6.69. The fourth-order valence-electron chi connectivity index (χ4n) is 2.89. The number of hydrogen-bond acceptors (Lipinski definition) is 5. The zero-order valence-corrected chi connectivity index (χ0v) is 14.2. The Kier molecular flexibility index (Phi) is 5.30. The zero-order valence-electron chi connectivity index (χ0n) is 14.2. The zero-order chi connectivity index (χ0) is 16.9. The van der Waals surface area contributed by atoms with Gasteiger partial charge in [-0.3, -0.25) is 9.48 Å². The Hall–Kier alpha value is -2.15. The lowest BCUT2D eigenvalue weighted by Gasteiger charge is -2.22. The number of hydrogen-bond donors (Lipinski definition) is 0. The minimum absolute atomic E-state index is 0.0746. The highest BCUT2D eigenvalue weighted by Crippen LogP contribution is 2.15. The number of ether oxygens (including phenoxy) is 1. The number of amides is 1. The molecule has 0 unspecified atom stereocenters. The molecule has 3 rings (SSSR count). The summed E-state index contributed by atoms with van der Waals surface area (Å²) >= 11 is 0. The lowest BCUT2D eigenvalue weighted by atomic mass is 10.1. The molecule has 2 aromatic rings. The molecule has 130 valence electrons. The first-order valence-corrected chi connectivity index (χ1v) is 8.45. The van der Waals surface area contributed by atoms with Crippen LogP contribution in [0.1, 0.15) is 36.5 Å². The van der Waals surface area contributed by atoms with Gasteiger partial charge in [0.2, 0.25) is 5.76 Å². The second-order valence-electron chi connectivity index (χ2n) is 6.61. The quantitative estimate of drug-likeness (QED) is 0.837. The molecule has 0 radical (unpaired) electrons. The van der Waals surface area contributed by atoms with Gasteiger partial charge in [0.1, 0.15) is 0 Å². The molecule has 0 saturated carbocycles. The molecular formula is C17H24N4O3. The minimum Gasteiger partial charge on any atom is -0.374 e. The summed E-state index contributed by atoms with van der Waals surface area (Å²) in [5, 5.41) is 8.21. The third-order valence-corrected chi connectivity index (χ3v) is 3.97. The van der Waals surface area contributed by atoms with E-state index in [4.69, 9.17) is 9.26 Å². The van der Waals surface area contributed by atoms with Gasteiger partial charge in [-0.2, -0.15) is 5.10 Å². The van der Waals surface area contributed by atoms with Gasteiger partial charge in [-0.25, -0.2) is 0 Å². The first kappa shape index (κ1) is 16.7. The van der Waals surface area contributed by atoms with Crippen molar-refractivity contribution in [2.24, 2.45) is 5.92 Å². The van der Waals surface area contributed by atoms with Crippen molar-refractivity contribution in [2.45, 2.75) is 39.3 Å². The van der Waals surface area contributed by atoms with Crippen molar-refractivity contribution < 1.29 is 14.1 Å². The SMILES string of the molecule is CC(C)Cc1cc(C(=O)N2CCCO[C@@H](Cn3cccn3)C2)on1. The van der Waals surface area contributed by atoms with E-state index in [-0.39, 0.29) is 12.0 Å². The third-order valence-electron chi connectivity index (χ3n) is 3.97. The van der Waals surface area contributed by atoms with Crippen LogP contribution in [0.3, 0.4) is 0 Å². The maximum atomic E-state index is 12.7. The maximum Gasteiger partial charge on any atom is 0.292 e. The largest absolute Gasteiger partial charge is 0.374 e. The topological polar surface area (TPSA) is 73.4 Å². The van der Waals surface area contributed by atoms with E-state index >= 15 is 0 Å². The van der Waals surface area contributed by atoms with Crippen molar-refractivity contribution in [3.05, 3.63) is 36.0 Å². The molecular weight excluding hydrogens is 308 g/mol. The highest BCUT2D eigenvalue weighted by Gasteiger charge is 2.26. The molecule has 0 aliphatic carbocycles. The maximum absolute atomic E-state index is 12.7. The Balaban J connectivity index is 1.65. The predicted octanol–water partition coefficient (Wildman–Crippen LogP) is 2.00. The second kappa shape index (κ2) is 7.61. The molecule has 0 N–H and O–H groups in total. The van der Waals surface area contributed by atoms with Crippen LogP contribution in [0.2, 0.25) is 0 Å². The molecule has 3 heterocycles. The summed E-state index contributed by atoms with van der Waals surface area (Å²) in [5.41, 5.74) is 0.826. The van der Waals surface area contributed by atoms with Crippen LogP contribution in [0, 0.1) is 5.92 Å². The summed E-state index contributed by atoms with van der Waals surface area (Å²) in [6.07, 6.45) is 5.18. The van der Waals surface area contributed by atoms with Crippen molar-refractivity contribution in [3.8, 4) is 0 Å². The van der Waals surface area contributed by atoms with Crippen molar-refractivity contribution >= 4 is 5.91 Å². The third kappa shape index (κ3) is 4.23. The van der Waals surface area contributed by atoms with E-state index in [0.29, 0.717) is 37.9 Å². The Morgan fingerprint density at radius 2 is 2.33 bits per heavy atom. The number of carbonyl (C=O) groups is 1. The lowest BCUT2D eigenvalue weighted by molar-refractivity contribution is 0.0355. The fraction of sp³-hybridized carbons (Fsp3) is 0.588. The van der Waals surface area contributed by atoms with E-state index in [2.05, 4.69) is 24.1 Å². The average molecular weight is 332 g/mol. The normalized spacial score (nSPS) is 18.8.